The molecule has 1 saturated heterocycles. The number of carbonyl (C=O) groups is 1. The quantitative estimate of drug-likeness (QED) is 0.374. The van der Waals surface area contributed by atoms with Gasteiger partial charge in [0.1, 0.15) is 0 Å². The molecule has 1 atom stereocenters. The lowest BCUT2D eigenvalue weighted by atomic mass is 10.1. The van der Waals surface area contributed by atoms with Gasteiger partial charge in [-0.3, -0.25) is 0 Å². The van der Waals surface area contributed by atoms with Crippen molar-refractivity contribution in [2.24, 2.45) is 0 Å². The molecule has 0 aromatic carbocycles. The van der Waals surface area contributed by atoms with Crippen LogP contribution in [-0.4, -0.2) is 23.8 Å². The lowest BCUT2D eigenvalue weighted by Gasteiger charge is -1.92. The van der Waals surface area contributed by atoms with Gasteiger partial charge in [0.25, 0.3) is 0 Å². The summed E-state index contributed by atoms with van der Waals surface area (Å²) in [6.45, 7) is 2.43. The van der Waals surface area contributed by atoms with E-state index in [1.165, 1.54) is 0 Å². The zero-order valence-electron chi connectivity index (χ0n) is 6.33. The summed E-state index contributed by atoms with van der Waals surface area (Å²) in [6, 6.07) is 0. The summed E-state index contributed by atoms with van der Waals surface area (Å²) in [7, 11) is 0. The van der Waals surface area contributed by atoms with Gasteiger partial charge in [0.05, 0.1) is 18.3 Å². The number of carboxylic acid groups (broad SMARTS) is 1. The Balaban J connectivity index is 2.58. The van der Waals surface area contributed by atoms with Gasteiger partial charge >= 0.3 is 5.97 Å². The van der Waals surface area contributed by atoms with Crippen molar-refractivity contribution in [1.82, 2.24) is 0 Å². The van der Waals surface area contributed by atoms with E-state index in [4.69, 9.17) is 9.84 Å². The molecule has 0 saturated carbocycles. The molecule has 3 heteroatoms. The second-order valence-corrected chi connectivity index (χ2v) is 2.38. The Morgan fingerprint density at radius 1 is 1.91 bits per heavy atom. The molecule has 0 radical (unpaired) electrons. The van der Waals surface area contributed by atoms with Crippen molar-refractivity contribution in [2.45, 2.75) is 19.4 Å². The van der Waals surface area contributed by atoms with Gasteiger partial charge in [-0.05, 0) is 13.0 Å². The van der Waals surface area contributed by atoms with Crippen LogP contribution in [0.1, 0.15) is 13.3 Å². The van der Waals surface area contributed by atoms with Gasteiger partial charge < -0.3 is 9.84 Å². The normalized spacial score (nSPS) is 20.3. The van der Waals surface area contributed by atoms with Gasteiger partial charge in [0, 0.05) is 6.42 Å². The molecular formula is C8H10O3. The number of ether oxygens (including phenoxy) is 1. The molecule has 1 heterocycles. The highest BCUT2D eigenvalue weighted by molar-refractivity contribution is 5.86. The third-order valence-electron chi connectivity index (χ3n) is 1.41. The zero-order valence-corrected chi connectivity index (χ0v) is 6.33. The van der Waals surface area contributed by atoms with E-state index in [0.717, 1.165) is 0 Å². The van der Waals surface area contributed by atoms with Crippen LogP contribution in [0.25, 0.3) is 0 Å². The fourth-order valence-corrected chi connectivity index (χ4v) is 0.796. The molecule has 1 rings (SSSR count). The van der Waals surface area contributed by atoms with Crippen LogP contribution in [0.4, 0.5) is 0 Å². The Hall–Kier alpha value is -1.05. The molecule has 1 aliphatic heterocycles. The predicted molar refractivity (Wildman–Crippen MR) is 39.3 cm³/mol. The summed E-state index contributed by atoms with van der Waals surface area (Å²) >= 11 is 0. The maximum absolute atomic E-state index is 10.5. The van der Waals surface area contributed by atoms with Gasteiger partial charge in [0.2, 0.25) is 0 Å². The largest absolute Gasteiger partial charge is 0.477 e. The molecule has 1 aliphatic rings. The highest BCUT2D eigenvalue weighted by Gasteiger charge is 2.25. The average Bonchev–Trinajstić information content (AvgIpc) is 2.70. The third-order valence-corrected chi connectivity index (χ3v) is 1.41. The number of epoxide rings is 1. The van der Waals surface area contributed by atoms with E-state index < -0.39 is 5.97 Å². The fraction of sp³-hybridized carbons (Fsp3) is 0.500. The second-order valence-electron chi connectivity index (χ2n) is 2.38. The SMILES string of the molecule is CC=C=C(CC1CO1)C(=O)O. The van der Waals surface area contributed by atoms with Crippen LogP contribution >= 0.6 is 0 Å². The minimum absolute atomic E-state index is 0.119. The van der Waals surface area contributed by atoms with E-state index >= 15 is 0 Å². The van der Waals surface area contributed by atoms with Crippen LogP contribution in [0.15, 0.2) is 17.4 Å². The lowest BCUT2D eigenvalue weighted by molar-refractivity contribution is -0.132. The molecule has 0 bridgehead atoms. The predicted octanol–water partition coefficient (Wildman–Crippen LogP) is 0.961. The Morgan fingerprint density at radius 2 is 2.55 bits per heavy atom. The lowest BCUT2D eigenvalue weighted by Crippen LogP contribution is -2.02. The minimum Gasteiger partial charge on any atom is -0.477 e. The Bertz CT molecular complexity index is 219. The van der Waals surface area contributed by atoms with Crippen molar-refractivity contribution >= 4 is 5.97 Å². The summed E-state index contributed by atoms with van der Waals surface area (Å²) in [4.78, 5) is 10.5. The van der Waals surface area contributed by atoms with E-state index in [0.29, 0.717) is 18.6 Å². The molecular weight excluding hydrogens is 144 g/mol. The summed E-state index contributed by atoms with van der Waals surface area (Å²) in [5.41, 5.74) is 2.97. The Kier molecular flexibility index (Phi) is 2.47. The van der Waals surface area contributed by atoms with Crippen LogP contribution in [-0.2, 0) is 9.53 Å². The number of hydrogen-bond donors (Lipinski definition) is 1. The van der Waals surface area contributed by atoms with Crippen LogP contribution in [0.2, 0.25) is 0 Å². The van der Waals surface area contributed by atoms with Crippen molar-refractivity contribution in [1.29, 1.82) is 0 Å². The molecule has 0 aromatic rings. The van der Waals surface area contributed by atoms with E-state index in [9.17, 15) is 4.79 Å². The first-order valence-electron chi connectivity index (χ1n) is 3.49. The molecule has 1 N–H and O–H groups in total. The van der Waals surface area contributed by atoms with Crippen LogP contribution in [0.5, 0.6) is 0 Å². The molecule has 11 heavy (non-hydrogen) atoms. The van der Waals surface area contributed by atoms with Crippen molar-refractivity contribution in [3.63, 3.8) is 0 Å². The number of rotatable bonds is 3. The maximum Gasteiger partial charge on any atom is 0.339 e. The van der Waals surface area contributed by atoms with E-state index in [2.05, 4.69) is 5.73 Å². The smallest absolute Gasteiger partial charge is 0.339 e. The highest BCUT2D eigenvalue weighted by Crippen LogP contribution is 2.18. The zero-order chi connectivity index (χ0) is 8.27. The third kappa shape index (κ3) is 2.58. The van der Waals surface area contributed by atoms with Crippen LogP contribution < -0.4 is 0 Å². The second kappa shape index (κ2) is 3.37. The van der Waals surface area contributed by atoms with Crippen molar-refractivity contribution in [3.8, 4) is 0 Å². The summed E-state index contributed by atoms with van der Waals surface area (Å²) in [5.74, 6) is -0.904. The van der Waals surface area contributed by atoms with Gasteiger partial charge in [-0.25, -0.2) is 4.79 Å². The standard InChI is InChI=1S/C8H10O3/c1-2-3-6(8(9)10)4-7-5-11-7/h2,7H,4-5H2,1H3,(H,9,10). The number of hydrogen-bond acceptors (Lipinski definition) is 2. The Labute approximate surface area is 65.0 Å². The molecule has 0 aromatic heterocycles. The highest BCUT2D eigenvalue weighted by atomic mass is 16.6. The van der Waals surface area contributed by atoms with E-state index in [1.54, 1.807) is 13.0 Å². The number of aliphatic carboxylic acids is 1. The minimum atomic E-state index is -0.904. The first-order valence-corrected chi connectivity index (χ1v) is 3.49. The number of carboxylic acids is 1. The molecule has 0 aliphatic carbocycles. The maximum atomic E-state index is 10.5. The summed E-state index contributed by atoms with van der Waals surface area (Å²) in [6.07, 6.45) is 2.19. The van der Waals surface area contributed by atoms with E-state index in [1.807, 2.05) is 0 Å². The van der Waals surface area contributed by atoms with Crippen LogP contribution in [0.3, 0.4) is 0 Å². The van der Waals surface area contributed by atoms with Gasteiger partial charge in [-0.1, -0.05) is 0 Å². The molecule has 1 unspecified atom stereocenters. The summed E-state index contributed by atoms with van der Waals surface area (Å²) < 4.78 is 4.90. The van der Waals surface area contributed by atoms with Gasteiger partial charge in [0.15, 0.2) is 0 Å². The molecule has 0 spiro atoms. The molecule has 1 fully saturated rings. The van der Waals surface area contributed by atoms with Crippen LogP contribution in [0, 0.1) is 0 Å². The topological polar surface area (TPSA) is 49.8 Å². The summed E-state index contributed by atoms with van der Waals surface area (Å²) in [5, 5.41) is 8.61. The first kappa shape index (κ1) is 8.05. The molecule has 60 valence electrons. The first-order chi connectivity index (χ1) is 5.24. The van der Waals surface area contributed by atoms with Gasteiger partial charge in [-0.2, -0.15) is 0 Å². The fourth-order valence-electron chi connectivity index (χ4n) is 0.796. The molecule has 3 nitrogen and oxygen atoms in total. The van der Waals surface area contributed by atoms with Gasteiger partial charge in [-0.15, -0.1) is 5.73 Å². The molecule has 0 amide bonds. The van der Waals surface area contributed by atoms with Crippen molar-refractivity contribution in [2.75, 3.05) is 6.61 Å². The average molecular weight is 154 g/mol. The monoisotopic (exact) mass is 154 g/mol. The van der Waals surface area contributed by atoms with Crippen molar-refractivity contribution < 1.29 is 14.6 Å². The van der Waals surface area contributed by atoms with Crippen molar-refractivity contribution in [3.05, 3.63) is 17.4 Å². The van der Waals surface area contributed by atoms with E-state index in [-0.39, 0.29) is 6.10 Å². The Morgan fingerprint density at radius 3 is 2.91 bits per heavy atom.